The van der Waals surface area contributed by atoms with Gasteiger partial charge in [-0.2, -0.15) is 0 Å². The first kappa shape index (κ1) is 51.2. The van der Waals surface area contributed by atoms with Crippen LogP contribution in [0.25, 0.3) is 0 Å². The Morgan fingerprint density at radius 3 is 0.810 bits per heavy atom. The lowest BCUT2D eigenvalue weighted by Crippen LogP contribution is -1.91. The van der Waals surface area contributed by atoms with Crippen LogP contribution in [-0.4, -0.2) is 41.8 Å². The van der Waals surface area contributed by atoms with Crippen molar-refractivity contribution < 1.29 is 24.9 Å². The first-order chi connectivity index (χ1) is 10.2. The maximum absolute atomic E-state index is 9.15. The Morgan fingerprint density at radius 2 is 0.810 bits per heavy atom. The number of methoxy groups -OCH3 is 1. The monoisotopic (exact) mass is 306 g/mol. The average Bonchev–Trinajstić information content (AvgIpc) is 2.65. The molecule has 0 aliphatic rings. The Morgan fingerprint density at radius 1 is 0.714 bits per heavy atom. The Bertz CT molecular complexity index is 112. The van der Waals surface area contributed by atoms with Crippen molar-refractivity contribution >= 4 is 6.16 Å². The van der Waals surface area contributed by atoms with E-state index in [2.05, 4.69) is 83.7 Å². The summed E-state index contributed by atoms with van der Waals surface area (Å²) in [5.74, 6) is 0. The van der Waals surface area contributed by atoms with Crippen molar-refractivity contribution in [3.63, 3.8) is 0 Å². The third-order valence-electron chi connectivity index (χ3n) is 0.275. The number of aliphatic hydroxyl groups excluding tert-OH is 2. The van der Waals surface area contributed by atoms with Crippen LogP contribution in [0.3, 0.4) is 0 Å². The van der Waals surface area contributed by atoms with Crippen LogP contribution < -0.4 is 0 Å². The Hall–Kier alpha value is -2.37. The van der Waals surface area contributed by atoms with Crippen LogP contribution in [0, 0.1) is 0 Å². The summed E-state index contributed by atoms with van der Waals surface area (Å²) >= 11 is 0. The van der Waals surface area contributed by atoms with Gasteiger partial charge in [-0.25, -0.2) is 4.79 Å². The maximum Gasteiger partial charge on any atom is 0.505 e. The lowest BCUT2D eigenvalue weighted by atomic mass is 10.8. The number of carboxylic acid groups (broad SMARTS) is 1. The summed E-state index contributed by atoms with van der Waals surface area (Å²) in [5, 5.41) is 22.8. The summed E-state index contributed by atoms with van der Waals surface area (Å²) in [5.41, 5.74) is 0. The molecule has 0 heterocycles. The summed E-state index contributed by atoms with van der Waals surface area (Å²) in [6.07, 6.45) is -1.25. The van der Waals surface area contributed by atoms with Crippen molar-refractivity contribution in [3.05, 3.63) is 78.9 Å². The average molecular weight is 306 g/mol. The maximum atomic E-state index is 9.15. The highest BCUT2D eigenvalue weighted by Gasteiger charge is 1.80. The molecule has 0 radical (unpaired) electrons. The molecule has 5 nitrogen and oxygen atoms in total. The van der Waals surface area contributed by atoms with Crippen molar-refractivity contribution in [1.29, 1.82) is 0 Å². The summed E-state index contributed by atoms with van der Waals surface area (Å²) in [6, 6.07) is 0. The molecule has 0 aromatic carbocycles. The molecule has 0 amide bonds. The highest BCUT2D eigenvalue weighted by Crippen LogP contribution is 1.60. The minimum Gasteiger partial charge on any atom is -0.450 e. The molecule has 0 spiro atoms. The predicted molar refractivity (Wildman–Crippen MR) is 96.7 cm³/mol. The quantitative estimate of drug-likeness (QED) is 0.501. The second kappa shape index (κ2) is 370. The summed E-state index contributed by atoms with van der Waals surface area (Å²) in [6.45, 7) is 35.8. The van der Waals surface area contributed by atoms with Crippen LogP contribution >= 0.6 is 0 Å². The summed E-state index contributed by atoms with van der Waals surface area (Å²) in [7, 11) is 1.10. The van der Waals surface area contributed by atoms with Crippen LogP contribution in [0.5, 0.6) is 0 Å². The molecule has 0 aromatic rings. The van der Waals surface area contributed by atoms with Gasteiger partial charge in [-0.1, -0.05) is 0 Å². The Labute approximate surface area is 131 Å². The van der Waals surface area contributed by atoms with Gasteiger partial charge in [-0.15, -0.1) is 78.9 Å². The van der Waals surface area contributed by atoms with Crippen LogP contribution in [0.4, 0.5) is 4.79 Å². The number of ether oxygens (including phenoxy) is 1. The molecule has 0 unspecified atom stereocenters. The standard InChI is InChI=1S/C2H4O3.C2H6O2.6C2H4/c1-5-2(3)4;3-1-2-4;6*1-2/h1H3,(H,3,4);3-4H,1-2H2;6*1-2H2. The molecule has 0 rings (SSSR count). The zero-order chi connectivity index (χ0) is 19.7. The lowest BCUT2D eigenvalue weighted by Gasteiger charge is -1.79. The molecule has 128 valence electrons. The summed E-state index contributed by atoms with van der Waals surface area (Å²) in [4.78, 5) is 9.15. The SMILES string of the molecule is C=C.C=C.C=C.C=C.C=C.C=C.COC(=O)O.OCCO. The van der Waals surface area contributed by atoms with Gasteiger partial charge in [0.15, 0.2) is 0 Å². The number of hydrogen-bond acceptors (Lipinski definition) is 4. The fraction of sp³-hybridized carbons (Fsp3) is 0.188. The van der Waals surface area contributed by atoms with Gasteiger partial charge in [0, 0.05) is 0 Å². The van der Waals surface area contributed by atoms with Crippen LogP contribution in [-0.2, 0) is 4.74 Å². The second-order valence-corrected chi connectivity index (χ2v) is 0.917. The molecule has 0 atom stereocenters. The molecular weight excluding hydrogens is 272 g/mol. The Balaban J connectivity index is -0.0000000161. The van der Waals surface area contributed by atoms with E-state index in [4.69, 9.17) is 20.1 Å². The van der Waals surface area contributed by atoms with Gasteiger partial charge in [0.25, 0.3) is 0 Å². The van der Waals surface area contributed by atoms with Gasteiger partial charge in [0.2, 0.25) is 0 Å². The minimum absolute atomic E-state index is 0.125. The zero-order valence-electron chi connectivity index (χ0n) is 13.6. The molecule has 0 bridgehead atoms. The van der Waals surface area contributed by atoms with Gasteiger partial charge in [0.1, 0.15) is 0 Å². The van der Waals surface area contributed by atoms with Crippen molar-refractivity contribution in [2.24, 2.45) is 0 Å². The highest BCUT2D eigenvalue weighted by molar-refractivity contribution is 5.56. The van der Waals surface area contributed by atoms with E-state index >= 15 is 0 Å². The van der Waals surface area contributed by atoms with Crippen LogP contribution in [0.2, 0.25) is 0 Å². The number of aliphatic hydroxyl groups is 2. The van der Waals surface area contributed by atoms with E-state index < -0.39 is 6.16 Å². The molecule has 0 aliphatic carbocycles. The topological polar surface area (TPSA) is 87.0 Å². The van der Waals surface area contributed by atoms with E-state index in [9.17, 15) is 0 Å². The molecule has 0 aromatic heterocycles. The minimum atomic E-state index is -1.25. The van der Waals surface area contributed by atoms with Crippen LogP contribution in [0.1, 0.15) is 0 Å². The molecule has 21 heavy (non-hydrogen) atoms. The van der Waals surface area contributed by atoms with Gasteiger partial charge >= 0.3 is 6.16 Å². The van der Waals surface area contributed by atoms with Gasteiger partial charge in [-0.05, 0) is 0 Å². The van der Waals surface area contributed by atoms with Crippen molar-refractivity contribution in [2.75, 3.05) is 20.3 Å². The Kier molecular flexibility index (Phi) is 903. The fourth-order valence-electron chi connectivity index (χ4n) is 0. The molecule has 5 heteroatoms. The molecule has 3 N–H and O–H groups in total. The third kappa shape index (κ3) is 10900. The third-order valence-corrected chi connectivity index (χ3v) is 0.275. The van der Waals surface area contributed by atoms with Gasteiger partial charge < -0.3 is 20.1 Å². The first-order valence-corrected chi connectivity index (χ1v) is 5.17. The molecular formula is C16H34O5. The molecule has 0 saturated heterocycles. The number of carbonyl (C=O) groups is 1. The van der Waals surface area contributed by atoms with Gasteiger partial charge in [0.05, 0.1) is 20.3 Å². The first-order valence-electron chi connectivity index (χ1n) is 5.17. The van der Waals surface area contributed by atoms with Crippen molar-refractivity contribution in [1.82, 2.24) is 0 Å². The van der Waals surface area contributed by atoms with Crippen LogP contribution in [0.15, 0.2) is 78.9 Å². The van der Waals surface area contributed by atoms with E-state index in [1.54, 1.807) is 0 Å². The zero-order valence-corrected chi connectivity index (χ0v) is 13.6. The smallest absolute Gasteiger partial charge is 0.450 e. The van der Waals surface area contributed by atoms with Gasteiger partial charge in [-0.3, -0.25) is 0 Å². The van der Waals surface area contributed by atoms with E-state index in [-0.39, 0.29) is 13.2 Å². The number of hydrogen-bond donors (Lipinski definition) is 3. The van der Waals surface area contributed by atoms with Crippen molar-refractivity contribution in [3.8, 4) is 0 Å². The molecule has 0 saturated carbocycles. The largest absolute Gasteiger partial charge is 0.505 e. The molecule has 0 fully saturated rings. The van der Waals surface area contributed by atoms with E-state index in [0.717, 1.165) is 7.11 Å². The second-order valence-electron chi connectivity index (χ2n) is 0.917. The normalized spacial score (nSPS) is 4.14. The highest BCUT2D eigenvalue weighted by atomic mass is 16.6. The van der Waals surface area contributed by atoms with Crippen molar-refractivity contribution in [2.45, 2.75) is 0 Å². The van der Waals surface area contributed by atoms with E-state index in [1.807, 2.05) is 0 Å². The number of rotatable bonds is 1. The fourth-order valence-corrected chi connectivity index (χ4v) is 0. The molecule has 0 aliphatic heterocycles. The predicted octanol–water partition coefficient (Wildman–Crippen LogP) is 4.10. The van der Waals surface area contributed by atoms with E-state index in [1.165, 1.54) is 0 Å². The summed E-state index contributed by atoms with van der Waals surface area (Å²) < 4.78 is 3.67. The van der Waals surface area contributed by atoms with E-state index in [0.29, 0.717) is 0 Å². The lowest BCUT2D eigenvalue weighted by molar-refractivity contribution is 0.114.